The Bertz CT molecular complexity index is 461. The standard InChI is InChI=1S/C15H21BrN2S/c1-10-5-3-2-4-6-13(10)18-14-8-7-11(16)9-12(14)15(17)19/h7-10,13,18H,2-6H2,1H3,(H2,17,19). The number of benzene rings is 1. The van der Waals surface area contributed by atoms with Gasteiger partial charge in [-0.25, -0.2) is 0 Å². The molecule has 0 aromatic heterocycles. The van der Waals surface area contributed by atoms with E-state index in [1.54, 1.807) is 0 Å². The Balaban J connectivity index is 2.19. The molecule has 1 fully saturated rings. The first-order valence-corrected chi connectivity index (χ1v) is 8.14. The Hall–Kier alpha value is -0.610. The van der Waals surface area contributed by atoms with Crippen molar-refractivity contribution in [3.8, 4) is 0 Å². The van der Waals surface area contributed by atoms with E-state index in [0.29, 0.717) is 16.9 Å². The molecule has 4 heteroatoms. The van der Waals surface area contributed by atoms with Gasteiger partial charge in [-0.2, -0.15) is 0 Å². The molecule has 1 aliphatic carbocycles. The Morgan fingerprint density at radius 2 is 2.05 bits per heavy atom. The molecule has 2 rings (SSSR count). The van der Waals surface area contributed by atoms with Crippen LogP contribution >= 0.6 is 28.1 Å². The van der Waals surface area contributed by atoms with Crippen LogP contribution in [0.25, 0.3) is 0 Å². The second-order valence-electron chi connectivity index (χ2n) is 5.42. The summed E-state index contributed by atoms with van der Waals surface area (Å²) in [7, 11) is 0. The van der Waals surface area contributed by atoms with Gasteiger partial charge in [-0.15, -0.1) is 0 Å². The van der Waals surface area contributed by atoms with E-state index < -0.39 is 0 Å². The van der Waals surface area contributed by atoms with Crippen molar-refractivity contribution >= 4 is 38.8 Å². The molecule has 1 aromatic carbocycles. The van der Waals surface area contributed by atoms with Gasteiger partial charge in [-0.3, -0.25) is 0 Å². The zero-order valence-electron chi connectivity index (χ0n) is 11.3. The summed E-state index contributed by atoms with van der Waals surface area (Å²) in [5.41, 5.74) is 7.82. The van der Waals surface area contributed by atoms with Crippen LogP contribution in [0.5, 0.6) is 0 Å². The zero-order valence-corrected chi connectivity index (χ0v) is 13.7. The SMILES string of the molecule is CC1CCCCCC1Nc1ccc(Br)cc1C(N)=S. The van der Waals surface area contributed by atoms with Crippen LogP contribution in [0, 0.1) is 5.92 Å². The maximum Gasteiger partial charge on any atom is 0.106 e. The van der Waals surface area contributed by atoms with Crippen molar-refractivity contribution in [3.05, 3.63) is 28.2 Å². The minimum Gasteiger partial charge on any atom is -0.389 e. The summed E-state index contributed by atoms with van der Waals surface area (Å²) >= 11 is 8.62. The smallest absolute Gasteiger partial charge is 0.106 e. The highest BCUT2D eigenvalue weighted by molar-refractivity contribution is 9.10. The molecule has 0 amide bonds. The third-order valence-corrected chi connectivity index (χ3v) is 4.66. The maximum absolute atomic E-state index is 5.82. The van der Waals surface area contributed by atoms with Crippen LogP contribution in [0.4, 0.5) is 5.69 Å². The molecule has 2 unspecified atom stereocenters. The third-order valence-electron chi connectivity index (χ3n) is 3.95. The number of rotatable bonds is 3. The molecule has 2 atom stereocenters. The fourth-order valence-electron chi connectivity index (χ4n) is 2.75. The fraction of sp³-hybridized carbons (Fsp3) is 0.533. The van der Waals surface area contributed by atoms with Crippen molar-refractivity contribution in [3.63, 3.8) is 0 Å². The average Bonchev–Trinajstić information content (AvgIpc) is 2.57. The zero-order chi connectivity index (χ0) is 13.8. The van der Waals surface area contributed by atoms with Crippen molar-refractivity contribution in [2.45, 2.75) is 45.1 Å². The number of nitrogens with one attached hydrogen (secondary N) is 1. The number of hydrogen-bond donors (Lipinski definition) is 2. The van der Waals surface area contributed by atoms with Gasteiger partial charge in [0.05, 0.1) is 0 Å². The first-order chi connectivity index (χ1) is 9.08. The van der Waals surface area contributed by atoms with Crippen LogP contribution < -0.4 is 11.1 Å². The summed E-state index contributed by atoms with van der Waals surface area (Å²) in [5, 5.41) is 3.66. The van der Waals surface area contributed by atoms with E-state index >= 15 is 0 Å². The Kier molecular flexibility index (Phi) is 5.22. The van der Waals surface area contributed by atoms with Crippen molar-refractivity contribution in [2.75, 3.05) is 5.32 Å². The Morgan fingerprint density at radius 3 is 2.79 bits per heavy atom. The summed E-state index contributed by atoms with van der Waals surface area (Å²) in [4.78, 5) is 0.449. The molecule has 104 valence electrons. The molecular weight excluding hydrogens is 320 g/mol. The topological polar surface area (TPSA) is 38.0 Å². The molecule has 1 saturated carbocycles. The van der Waals surface area contributed by atoms with E-state index in [4.69, 9.17) is 18.0 Å². The van der Waals surface area contributed by atoms with Crippen LogP contribution in [0.1, 0.15) is 44.6 Å². The van der Waals surface area contributed by atoms with Crippen LogP contribution in [0.15, 0.2) is 22.7 Å². The molecular formula is C15H21BrN2S. The number of halogens is 1. The minimum atomic E-state index is 0.449. The number of thiocarbonyl (C=S) groups is 1. The first kappa shape index (κ1) is 14.8. The van der Waals surface area contributed by atoms with E-state index in [1.807, 2.05) is 12.1 Å². The molecule has 1 aliphatic rings. The number of anilines is 1. The van der Waals surface area contributed by atoms with E-state index in [2.05, 4.69) is 34.2 Å². The summed E-state index contributed by atoms with van der Waals surface area (Å²) in [6, 6.07) is 6.62. The van der Waals surface area contributed by atoms with Crippen molar-refractivity contribution in [1.29, 1.82) is 0 Å². The van der Waals surface area contributed by atoms with Crippen LogP contribution in [-0.4, -0.2) is 11.0 Å². The van der Waals surface area contributed by atoms with Crippen LogP contribution in [0.2, 0.25) is 0 Å². The molecule has 0 spiro atoms. The van der Waals surface area contributed by atoms with Gasteiger partial charge in [0.1, 0.15) is 4.99 Å². The largest absolute Gasteiger partial charge is 0.389 e. The number of hydrogen-bond acceptors (Lipinski definition) is 2. The summed E-state index contributed by atoms with van der Waals surface area (Å²) in [6.07, 6.45) is 6.54. The quantitative estimate of drug-likeness (QED) is 0.629. The highest BCUT2D eigenvalue weighted by Gasteiger charge is 2.20. The maximum atomic E-state index is 5.82. The lowest BCUT2D eigenvalue weighted by Crippen LogP contribution is -2.27. The van der Waals surface area contributed by atoms with Gasteiger partial charge in [0.2, 0.25) is 0 Å². The van der Waals surface area contributed by atoms with Crippen molar-refractivity contribution in [2.24, 2.45) is 11.7 Å². The molecule has 3 N–H and O–H groups in total. The van der Waals surface area contributed by atoms with Gasteiger partial charge in [0.15, 0.2) is 0 Å². The van der Waals surface area contributed by atoms with Gasteiger partial charge >= 0.3 is 0 Å². The van der Waals surface area contributed by atoms with E-state index in [9.17, 15) is 0 Å². The predicted octanol–water partition coefficient (Wildman–Crippen LogP) is 4.46. The summed E-state index contributed by atoms with van der Waals surface area (Å²) < 4.78 is 1.01. The lowest BCUT2D eigenvalue weighted by molar-refractivity contribution is 0.456. The monoisotopic (exact) mass is 340 g/mol. The lowest BCUT2D eigenvalue weighted by atomic mass is 9.96. The molecule has 0 bridgehead atoms. The van der Waals surface area contributed by atoms with Crippen LogP contribution in [-0.2, 0) is 0 Å². The second-order valence-corrected chi connectivity index (χ2v) is 6.78. The Labute approximate surface area is 129 Å². The Morgan fingerprint density at radius 1 is 1.32 bits per heavy atom. The van der Waals surface area contributed by atoms with E-state index in [0.717, 1.165) is 15.7 Å². The lowest BCUT2D eigenvalue weighted by Gasteiger charge is -2.25. The molecule has 0 heterocycles. The highest BCUT2D eigenvalue weighted by atomic mass is 79.9. The van der Waals surface area contributed by atoms with Gasteiger partial charge < -0.3 is 11.1 Å². The van der Waals surface area contributed by atoms with Gasteiger partial charge in [-0.05, 0) is 37.0 Å². The molecule has 0 aliphatic heterocycles. The summed E-state index contributed by atoms with van der Waals surface area (Å²) in [5.74, 6) is 0.699. The first-order valence-electron chi connectivity index (χ1n) is 6.94. The number of nitrogens with two attached hydrogens (primary N) is 1. The van der Waals surface area contributed by atoms with Gasteiger partial charge in [0, 0.05) is 21.8 Å². The molecule has 0 radical (unpaired) electrons. The van der Waals surface area contributed by atoms with Crippen LogP contribution in [0.3, 0.4) is 0 Å². The fourth-order valence-corrected chi connectivity index (χ4v) is 3.28. The normalized spacial score (nSPS) is 23.7. The minimum absolute atomic E-state index is 0.449. The van der Waals surface area contributed by atoms with Gasteiger partial charge in [0.25, 0.3) is 0 Å². The van der Waals surface area contributed by atoms with Crippen molar-refractivity contribution < 1.29 is 0 Å². The molecule has 19 heavy (non-hydrogen) atoms. The predicted molar refractivity (Wildman–Crippen MR) is 89.7 cm³/mol. The second kappa shape index (κ2) is 6.71. The molecule has 1 aromatic rings. The summed E-state index contributed by atoms with van der Waals surface area (Å²) in [6.45, 7) is 2.34. The highest BCUT2D eigenvalue weighted by Crippen LogP contribution is 2.28. The van der Waals surface area contributed by atoms with E-state index in [1.165, 1.54) is 32.1 Å². The van der Waals surface area contributed by atoms with Gasteiger partial charge in [-0.1, -0.05) is 54.3 Å². The molecule has 0 saturated heterocycles. The third kappa shape index (κ3) is 3.93. The van der Waals surface area contributed by atoms with Crippen molar-refractivity contribution in [1.82, 2.24) is 0 Å². The van der Waals surface area contributed by atoms with E-state index in [-0.39, 0.29) is 0 Å². The molecule has 2 nitrogen and oxygen atoms in total. The average molecular weight is 341 g/mol.